The summed E-state index contributed by atoms with van der Waals surface area (Å²) in [7, 11) is 0. The predicted molar refractivity (Wildman–Crippen MR) is 75.0 cm³/mol. The van der Waals surface area contributed by atoms with Gasteiger partial charge in [0.25, 0.3) is 0 Å². The van der Waals surface area contributed by atoms with E-state index >= 15 is 0 Å². The number of anilines is 1. The first-order chi connectivity index (χ1) is 7.78. The molecule has 0 atom stereocenters. The van der Waals surface area contributed by atoms with E-state index in [-0.39, 0.29) is 11.4 Å². The summed E-state index contributed by atoms with van der Waals surface area (Å²) in [5.41, 5.74) is 7.49. The quantitative estimate of drug-likeness (QED) is 0.897. The van der Waals surface area contributed by atoms with Crippen LogP contribution in [0, 0.1) is 6.92 Å². The van der Waals surface area contributed by atoms with Crippen LogP contribution < -0.4 is 11.1 Å². The second kappa shape index (κ2) is 5.65. The SMILES string of the molecule is Cc1ccc(NC(=O)CCC(C)(C)N)cc1Br. The predicted octanol–water partition coefficient (Wildman–Crippen LogP) is 3.21. The number of nitrogens with two attached hydrogens (primary N) is 1. The summed E-state index contributed by atoms with van der Waals surface area (Å²) in [6, 6.07) is 5.76. The number of benzene rings is 1. The van der Waals surface area contributed by atoms with Crippen LogP contribution in [0.3, 0.4) is 0 Å². The van der Waals surface area contributed by atoms with E-state index < -0.39 is 0 Å². The van der Waals surface area contributed by atoms with Crippen molar-refractivity contribution in [2.75, 3.05) is 5.32 Å². The highest BCUT2D eigenvalue weighted by atomic mass is 79.9. The maximum atomic E-state index is 11.7. The van der Waals surface area contributed by atoms with Gasteiger partial charge in [-0.15, -0.1) is 0 Å². The minimum atomic E-state index is -0.300. The number of hydrogen-bond acceptors (Lipinski definition) is 2. The number of hydrogen-bond donors (Lipinski definition) is 2. The van der Waals surface area contributed by atoms with Crippen LogP contribution in [0.5, 0.6) is 0 Å². The molecule has 0 saturated heterocycles. The highest BCUT2D eigenvalue weighted by Crippen LogP contribution is 2.21. The largest absolute Gasteiger partial charge is 0.326 e. The fourth-order valence-corrected chi connectivity index (χ4v) is 1.71. The van der Waals surface area contributed by atoms with E-state index in [4.69, 9.17) is 5.73 Å². The van der Waals surface area contributed by atoms with Gasteiger partial charge < -0.3 is 11.1 Å². The minimum Gasteiger partial charge on any atom is -0.326 e. The molecule has 1 aromatic rings. The zero-order valence-electron chi connectivity index (χ0n) is 10.5. The van der Waals surface area contributed by atoms with E-state index in [1.165, 1.54) is 0 Å². The van der Waals surface area contributed by atoms with Crippen molar-refractivity contribution >= 4 is 27.5 Å². The van der Waals surface area contributed by atoms with Crippen molar-refractivity contribution < 1.29 is 4.79 Å². The molecule has 0 radical (unpaired) electrons. The first-order valence-electron chi connectivity index (χ1n) is 5.63. The lowest BCUT2D eigenvalue weighted by Gasteiger charge is -2.17. The van der Waals surface area contributed by atoms with Crippen LogP contribution in [0.1, 0.15) is 32.3 Å². The Morgan fingerprint density at radius 2 is 2.12 bits per heavy atom. The topological polar surface area (TPSA) is 55.1 Å². The molecule has 0 heterocycles. The summed E-state index contributed by atoms with van der Waals surface area (Å²) >= 11 is 3.44. The molecule has 0 aromatic heterocycles. The molecule has 94 valence electrons. The van der Waals surface area contributed by atoms with Crippen LogP contribution >= 0.6 is 15.9 Å². The summed E-state index contributed by atoms with van der Waals surface area (Å²) in [4.78, 5) is 11.7. The number of amides is 1. The van der Waals surface area contributed by atoms with Gasteiger partial charge in [-0.25, -0.2) is 0 Å². The number of nitrogens with one attached hydrogen (secondary N) is 1. The van der Waals surface area contributed by atoms with Crippen LogP contribution in [0.4, 0.5) is 5.69 Å². The number of carbonyl (C=O) groups is 1. The molecule has 3 nitrogen and oxygen atoms in total. The Bertz CT molecular complexity index is 410. The van der Waals surface area contributed by atoms with Crippen LogP contribution in [-0.4, -0.2) is 11.4 Å². The smallest absolute Gasteiger partial charge is 0.224 e. The third-order valence-corrected chi connectivity index (χ3v) is 3.31. The molecular weight excluding hydrogens is 280 g/mol. The Hall–Kier alpha value is -0.870. The molecule has 0 aliphatic rings. The van der Waals surface area contributed by atoms with Gasteiger partial charge in [0.1, 0.15) is 0 Å². The fraction of sp³-hybridized carbons (Fsp3) is 0.462. The average molecular weight is 299 g/mol. The third-order valence-electron chi connectivity index (χ3n) is 2.45. The lowest BCUT2D eigenvalue weighted by molar-refractivity contribution is -0.116. The van der Waals surface area contributed by atoms with Crippen molar-refractivity contribution in [2.45, 2.75) is 39.2 Å². The molecule has 0 aliphatic heterocycles. The van der Waals surface area contributed by atoms with Gasteiger partial charge in [0.15, 0.2) is 0 Å². The molecule has 0 spiro atoms. The Morgan fingerprint density at radius 1 is 1.47 bits per heavy atom. The van der Waals surface area contributed by atoms with Gasteiger partial charge in [-0.05, 0) is 44.9 Å². The first-order valence-corrected chi connectivity index (χ1v) is 6.42. The van der Waals surface area contributed by atoms with Crippen LogP contribution in [0.25, 0.3) is 0 Å². The van der Waals surface area contributed by atoms with E-state index in [9.17, 15) is 4.79 Å². The van der Waals surface area contributed by atoms with Crippen molar-refractivity contribution in [3.05, 3.63) is 28.2 Å². The van der Waals surface area contributed by atoms with E-state index in [0.29, 0.717) is 12.8 Å². The van der Waals surface area contributed by atoms with Gasteiger partial charge in [0.05, 0.1) is 0 Å². The summed E-state index contributed by atoms with van der Waals surface area (Å²) < 4.78 is 0.995. The van der Waals surface area contributed by atoms with Crippen molar-refractivity contribution in [3.63, 3.8) is 0 Å². The van der Waals surface area contributed by atoms with E-state index in [1.807, 2.05) is 39.0 Å². The van der Waals surface area contributed by atoms with E-state index in [1.54, 1.807) is 0 Å². The second-order valence-corrected chi connectivity index (χ2v) is 5.86. The van der Waals surface area contributed by atoms with Crippen LogP contribution in [0.15, 0.2) is 22.7 Å². The summed E-state index contributed by atoms with van der Waals surface area (Å²) in [6.07, 6.45) is 1.11. The fourth-order valence-electron chi connectivity index (χ4n) is 1.33. The van der Waals surface area contributed by atoms with Crippen molar-refractivity contribution in [1.29, 1.82) is 0 Å². The molecule has 4 heteroatoms. The average Bonchev–Trinajstić information content (AvgIpc) is 2.20. The zero-order chi connectivity index (χ0) is 13.1. The zero-order valence-corrected chi connectivity index (χ0v) is 12.1. The number of carbonyl (C=O) groups excluding carboxylic acids is 1. The lowest BCUT2D eigenvalue weighted by atomic mass is 10.00. The van der Waals surface area contributed by atoms with Crippen molar-refractivity contribution in [2.24, 2.45) is 5.73 Å². The molecule has 1 amide bonds. The summed E-state index contributed by atoms with van der Waals surface area (Å²) in [5, 5.41) is 2.86. The molecule has 0 saturated carbocycles. The molecule has 3 N–H and O–H groups in total. The highest BCUT2D eigenvalue weighted by molar-refractivity contribution is 9.10. The molecular formula is C13H19BrN2O. The van der Waals surface area contributed by atoms with Gasteiger partial charge in [0.2, 0.25) is 5.91 Å². The molecule has 0 unspecified atom stereocenters. The van der Waals surface area contributed by atoms with E-state index in [0.717, 1.165) is 15.7 Å². The second-order valence-electron chi connectivity index (χ2n) is 5.00. The van der Waals surface area contributed by atoms with Crippen LogP contribution in [-0.2, 0) is 4.79 Å². The summed E-state index contributed by atoms with van der Waals surface area (Å²) in [5.74, 6) is -0.000668. The lowest BCUT2D eigenvalue weighted by Crippen LogP contribution is -2.33. The van der Waals surface area contributed by atoms with Gasteiger partial charge >= 0.3 is 0 Å². The van der Waals surface area contributed by atoms with E-state index in [2.05, 4.69) is 21.2 Å². The molecule has 0 fully saturated rings. The van der Waals surface area contributed by atoms with Gasteiger partial charge in [-0.3, -0.25) is 4.79 Å². The molecule has 0 bridgehead atoms. The first kappa shape index (κ1) is 14.2. The van der Waals surface area contributed by atoms with Gasteiger partial charge in [0, 0.05) is 22.1 Å². The third kappa shape index (κ3) is 5.33. The number of halogens is 1. The van der Waals surface area contributed by atoms with Crippen molar-refractivity contribution in [3.8, 4) is 0 Å². The molecule has 0 aliphatic carbocycles. The maximum Gasteiger partial charge on any atom is 0.224 e. The van der Waals surface area contributed by atoms with Gasteiger partial charge in [-0.1, -0.05) is 22.0 Å². The Morgan fingerprint density at radius 3 is 2.65 bits per heavy atom. The minimum absolute atomic E-state index is 0.000668. The molecule has 17 heavy (non-hydrogen) atoms. The van der Waals surface area contributed by atoms with Gasteiger partial charge in [-0.2, -0.15) is 0 Å². The van der Waals surface area contributed by atoms with Crippen molar-refractivity contribution in [1.82, 2.24) is 0 Å². The molecule has 1 rings (SSSR count). The molecule has 1 aromatic carbocycles. The maximum absolute atomic E-state index is 11.7. The Kier molecular flexibility index (Phi) is 4.71. The summed E-state index contributed by atoms with van der Waals surface area (Å²) in [6.45, 7) is 5.85. The Labute approximate surface area is 111 Å². The monoisotopic (exact) mass is 298 g/mol. The highest BCUT2D eigenvalue weighted by Gasteiger charge is 2.13. The van der Waals surface area contributed by atoms with Crippen LogP contribution in [0.2, 0.25) is 0 Å². The number of rotatable bonds is 4. The Balaban J connectivity index is 2.54. The number of aryl methyl sites for hydroxylation is 1. The normalized spacial score (nSPS) is 11.4. The standard InChI is InChI=1S/C13H19BrN2O/c1-9-4-5-10(8-11(9)14)16-12(17)6-7-13(2,3)15/h4-5,8H,6-7,15H2,1-3H3,(H,16,17).